The van der Waals surface area contributed by atoms with Crippen LogP contribution in [0.5, 0.6) is 0 Å². The topological polar surface area (TPSA) is 60.2 Å². The minimum Gasteiger partial charge on any atom is -0.378 e. The number of hydrazine groups is 1. The number of hydrogen-bond acceptors (Lipinski definition) is 4. The fourth-order valence-corrected chi connectivity index (χ4v) is 2.43. The Morgan fingerprint density at radius 2 is 1.86 bits per heavy atom. The molecule has 2 aromatic carbocycles. The van der Waals surface area contributed by atoms with Crippen molar-refractivity contribution in [1.82, 2.24) is 4.98 Å². The molecule has 4 nitrogen and oxygen atoms in total. The Kier molecular flexibility index (Phi) is 3.81. The van der Waals surface area contributed by atoms with Crippen LogP contribution in [0, 0.1) is 0 Å². The molecule has 0 saturated heterocycles. The molecule has 0 aliphatic rings. The molecule has 1 aromatic heterocycles. The van der Waals surface area contributed by atoms with E-state index < -0.39 is 0 Å². The maximum absolute atomic E-state index is 5.65. The molecule has 3 aromatic rings. The lowest BCUT2D eigenvalue weighted by Gasteiger charge is -2.10. The predicted molar refractivity (Wildman–Crippen MR) is 85.7 cm³/mol. The van der Waals surface area contributed by atoms with Gasteiger partial charge in [-0.3, -0.25) is 10.8 Å². The number of fused-ring (bicyclic) bond motifs is 1. The molecule has 0 saturated carbocycles. The molecular formula is C17H17N3O. The number of anilines is 1. The first-order valence-electron chi connectivity index (χ1n) is 6.76. The third kappa shape index (κ3) is 2.72. The average Bonchev–Trinajstić information content (AvgIpc) is 2.55. The van der Waals surface area contributed by atoms with Gasteiger partial charge in [0, 0.05) is 12.5 Å². The highest BCUT2D eigenvalue weighted by molar-refractivity contribution is 5.94. The number of nitrogens with zero attached hydrogens (tertiary/aromatic N) is 1. The van der Waals surface area contributed by atoms with Gasteiger partial charge in [-0.05, 0) is 29.3 Å². The van der Waals surface area contributed by atoms with Crippen LogP contribution in [0.15, 0.2) is 54.6 Å². The van der Waals surface area contributed by atoms with Crippen molar-refractivity contribution in [2.24, 2.45) is 5.84 Å². The number of nitrogens with two attached hydrogens (primary N) is 1. The monoisotopic (exact) mass is 279 g/mol. The number of pyridine rings is 1. The fraction of sp³-hybridized carbons (Fsp3) is 0.118. The Morgan fingerprint density at radius 3 is 2.57 bits per heavy atom. The second-order valence-corrected chi connectivity index (χ2v) is 4.84. The molecule has 0 aliphatic carbocycles. The molecule has 0 fully saturated rings. The van der Waals surface area contributed by atoms with Gasteiger partial charge in [-0.15, -0.1) is 0 Å². The van der Waals surface area contributed by atoms with Gasteiger partial charge in [-0.2, -0.15) is 0 Å². The third-order valence-electron chi connectivity index (χ3n) is 3.42. The van der Waals surface area contributed by atoms with Crippen molar-refractivity contribution in [2.45, 2.75) is 6.61 Å². The van der Waals surface area contributed by atoms with Crippen LogP contribution in [0.2, 0.25) is 0 Å². The van der Waals surface area contributed by atoms with E-state index in [-0.39, 0.29) is 0 Å². The summed E-state index contributed by atoms with van der Waals surface area (Å²) in [5, 5.41) is 0.999. The van der Waals surface area contributed by atoms with Crippen molar-refractivity contribution in [1.29, 1.82) is 0 Å². The lowest BCUT2D eigenvalue weighted by molar-refractivity contribution is 0.182. The summed E-state index contributed by atoms with van der Waals surface area (Å²) in [5.41, 5.74) is 7.67. The minimum absolute atomic E-state index is 0.463. The quantitative estimate of drug-likeness (QED) is 0.568. The number of benzene rings is 2. The van der Waals surface area contributed by atoms with Crippen molar-refractivity contribution < 1.29 is 4.74 Å². The van der Waals surface area contributed by atoms with Gasteiger partial charge in [0.15, 0.2) is 0 Å². The van der Waals surface area contributed by atoms with E-state index in [0.29, 0.717) is 6.61 Å². The van der Waals surface area contributed by atoms with Gasteiger partial charge in [0.1, 0.15) is 0 Å². The number of nitrogen functional groups attached to an aromatic ring is 1. The van der Waals surface area contributed by atoms with Crippen LogP contribution in [0.3, 0.4) is 0 Å². The van der Waals surface area contributed by atoms with Gasteiger partial charge >= 0.3 is 0 Å². The normalized spacial score (nSPS) is 10.8. The minimum atomic E-state index is 0.463. The summed E-state index contributed by atoms with van der Waals surface area (Å²) in [4.78, 5) is 4.59. The zero-order valence-corrected chi connectivity index (χ0v) is 11.8. The first-order chi connectivity index (χ1) is 10.3. The first kappa shape index (κ1) is 13.5. The van der Waals surface area contributed by atoms with Crippen molar-refractivity contribution in [3.63, 3.8) is 0 Å². The number of ether oxygens (including phenoxy) is 1. The molecule has 1 heterocycles. The first-order valence-corrected chi connectivity index (χ1v) is 6.76. The van der Waals surface area contributed by atoms with E-state index in [1.165, 1.54) is 5.56 Å². The van der Waals surface area contributed by atoms with Crippen LogP contribution in [0.1, 0.15) is 5.69 Å². The standard InChI is InChI=1S/C17H17N3O/c1-21-11-14-10-17(20-18)15-9-13(7-8-16(15)19-14)12-5-3-2-4-6-12/h2-10H,11,18H2,1H3,(H,19,20). The Bertz CT molecular complexity index is 757. The summed E-state index contributed by atoms with van der Waals surface area (Å²) in [6.45, 7) is 0.463. The third-order valence-corrected chi connectivity index (χ3v) is 3.42. The molecule has 0 radical (unpaired) electrons. The van der Waals surface area contributed by atoms with Gasteiger partial charge < -0.3 is 10.2 Å². The van der Waals surface area contributed by atoms with Crippen molar-refractivity contribution in [3.8, 4) is 11.1 Å². The van der Waals surface area contributed by atoms with E-state index in [0.717, 1.165) is 27.8 Å². The highest BCUT2D eigenvalue weighted by Crippen LogP contribution is 2.28. The van der Waals surface area contributed by atoms with Gasteiger partial charge in [0.05, 0.1) is 23.5 Å². The Morgan fingerprint density at radius 1 is 1.05 bits per heavy atom. The highest BCUT2D eigenvalue weighted by Gasteiger charge is 2.07. The van der Waals surface area contributed by atoms with Crippen molar-refractivity contribution in [3.05, 3.63) is 60.3 Å². The van der Waals surface area contributed by atoms with E-state index >= 15 is 0 Å². The van der Waals surface area contributed by atoms with Gasteiger partial charge in [-0.25, -0.2) is 0 Å². The zero-order valence-electron chi connectivity index (χ0n) is 11.8. The maximum Gasteiger partial charge on any atom is 0.0885 e. The molecule has 0 unspecified atom stereocenters. The summed E-state index contributed by atoms with van der Waals surface area (Å²) in [5.74, 6) is 5.65. The molecule has 0 spiro atoms. The molecule has 4 heteroatoms. The number of methoxy groups -OCH3 is 1. The fourth-order valence-electron chi connectivity index (χ4n) is 2.43. The molecule has 0 aliphatic heterocycles. The number of rotatable bonds is 4. The number of hydrogen-bond donors (Lipinski definition) is 2. The largest absolute Gasteiger partial charge is 0.378 e. The molecule has 3 rings (SSSR count). The summed E-state index contributed by atoms with van der Waals surface area (Å²) in [7, 11) is 1.65. The van der Waals surface area contributed by atoms with Gasteiger partial charge in [0.2, 0.25) is 0 Å². The maximum atomic E-state index is 5.65. The lowest BCUT2D eigenvalue weighted by Crippen LogP contribution is -2.08. The average molecular weight is 279 g/mol. The molecular weight excluding hydrogens is 262 g/mol. The molecule has 106 valence electrons. The van der Waals surface area contributed by atoms with Crippen LogP contribution in [-0.2, 0) is 11.3 Å². The van der Waals surface area contributed by atoms with Gasteiger partial charge in [0.25, 0.3) is 0 Å². The van der Waals surface area contributed by atoms with E-state index in [2.05, 4.69) is 34.7 Å². The van der Waals surface area contributed by atoms with Crippen LogP contribution in [0.4, 0.5) is 5.69 Å². The van der Waals surface area contributed by atoms with Crippen LogP contribution in [-0.4, -0.2) is 12.1 Å². The van der Waals surface area contributed by atoms with Crippen LogP contribution >= 0.6 is 0 Å². The molecule has 21 heavy (non-hydrogen) atoms. The Labute approximate surface area is 123 Å². The number of aromatic nitrogens is 1. The molecule has 0 atom stereocenters. The highest BCUT2D eigenvalue weighted by atomic mass is 16.5. The molecule has 3 N–H and O–H groups in total. The number of nitrogens with one attached hydrogen (secondary N) is 1. The summed E-state index contributed by atoms with van der Waals surface area (Å²) in [6, 6.07) is 18.3. The van der Waals surface area contributed by atoms with E-state index in [9.17, 15) is 0 Å². The Hall–Kier alpha value is -2.43. The van der Waals surface area contributed by atoms with Crippen LogP contribution in [0.25, 0.3) is 22.0 Å². The Balaban J connectivity index is 2.15. The second kappa shape index (κ2) is 5.91. The van der Waals surface area contributed by atoms with E-state index in [1.54, 1.807) is 7.11 Å². The van der Waals surface area contributed by atoms with Gasteiger partial charge in [-0.1, -0.05) is 36.4 Å². The summed E-state index contributed by atoms with van der Waals surface area (Å²) in [6.07, 6.45) is 0. The summed E-state index contributed by atoms with van der Waals surface area (Å²) < 4.78 is 5.14. The van der Waals surface area contributed by atoms with Crippen LogP contribution < -0.4 is 11.3 Å². The SMILES string of the molecule is COCc1cc(NN)c2cc(-c3ccccc3)ccc2n1. The second-order valence-electron chi connectivity index (χ2n) is 4.84. The van der Waals surface area contributed by atoms with Crippen molar-refractivity contribution in [2.75, 3.05) is 12.5 Å². The lowest BCUT2D eigenvalue weighted by atomic mass is 10.0. The summed E-state index contributed by atoms with van der Waals surface area (Å²) >= 11 is 0. The smallest absolute Gasteiger partial charge is 0.0885 e. The molecule has 0 bridgehead atoms. The molecule has 0 amide bonds. The van der Waals surface area contributed by atoms with E-state index in [1.807, 2.05) is 30.3 Å². The van der Waals surface area contributed by atoms with Crippen molar-refractivity contribution >= 4 is 16.6 Å². The zero-order chi connectivity index (χ0) is 14.7. The van der Waals surface area contributed by atoms with E-state index in [4.69, 9.17) is 10.6 Å². The predicted octanol–water partition coefficient (Wildman–Crippen LogP) is 3.33.